The molecule has 0 aromatic heterocycles. The molecule has 0 saturated carbocycles. The van der Waals surface area contributed by atoms with E-state index >= 15 is 0 Å². The molecule has 2 N–H and O–H groups in total. The molecule has 2 rings (SSSR count). The fourth-order valence-electron chi connectivity index (χ4n) is 2.64. The number of hydrogen-bond acceptors (Lipinski definition) is 4. The molecule has 0 aliphatic carbocycles. The van der Waals surface area contributed by atoms with Gasteiger partial charge in [0, 0.05) is 6.04 Å². The number of ether oxygens (including phenoxy) is 1. The highest BCUT2D eigenvalue weighted by atomic mass is 35.5. The van der Waals surface area contributed by atoms with E-state index in [1.54, 1.807) is 0 Å². The highest BCUT2D eigenvalue weighted by Crippen LogP contribution is 2.26. The van der Waals surface area contributed by atoms with Crippen LogP contribution in [0.25, 0.3) is 0 Å². The Balaban J connectivity index is 1.92. The summed E-state index contributed by atoms with van der Waals surface area (Å²) >= 11 is 5.99. The van der Waals surface area contributed by atoms with Crippen molar-refractivity contribution in [1.29, 1.82) is 0 Å². The van der Waals surface area contributed by atoms with Gasteiger partial charge in [-0.05, 0) is 50.5 Å². The number of carbonyl (C=O) groups is 1. The van der Waals surface area contributed by atoms with Crippen LogP contribution in [0.1, 0.15) is 25.8 Å². The SMILES string of the molecule is COc1ccc(S(=O)(=O)N[C@H](C)C(=O)N[C@@H](C)CCc2ccccc2)cc1Cl. The first kappa shape index (κ1) is 22.2. The third-order valence-electron chi connectivity index (χ3n) is 4.26. The van der Waals surface area contributed by atoms with Crippen LogP contribution < -0.4 is 14.8 Å². The van der Waals surface area contributed by atoms with Gasteiger partial charge in [-0.15, -0.1) is 0 Å². The quantitative estimate of drug-likeness (QED) is 0.647. The van der Waals surface area contributed by atoms with Gasteiger partial charge in [0.15, 0.2) is 0 Å². The molecule has 0 radical (unpaired) electrons. The zero-order valence-corrected chi connectivity index (χ0v) is 17.7. The molecule has 0 aliphatic heterocycles. The predicted octanol–water partition coefficient (Wildman–Crippen LogP) is 3.15. The minimum absolute atomic E-state index is 0.0323. The largest absolute Gasteiger partial charge is 0.495 e. The lowest BCUT2D eigenvalue weighted by atomic mass is 10.1. The van der Waals surface area contributed by atoms with Crippen LogP contribution in [-0.4, -0.2) is 33.5 Å². The number of benzene rings is 2. The van der Waals surface area contributed by atoms with Crippen LogP contribution in [0.2, 0.25) is 5.02 Å². The number of hydrogen-bond donors (Lipinski definition) is 2. The van der Waals surface area contributed by atoms with Crippen molar-refractivity contribution < 1.29 is 17.9 Å². The predicted molar refractivity (Wildman–Crippen MR) is 110 cm³/mol. The van der Waals surface area contributed by atoms with Crippen molar-refractivity contribution >= 4 is 27.5 Å². The van der Waals surface area contributed by atoms with Crippen molar-refractivity contribution in [3.63, 3.8) is 0 Å². The van der Waals surface area contributed by atoms with E-state index < -0.39 is 16.1 Å². The smallest absolute Gasteiger partial charge is 0.241 e. The maximum atomic E-state index is 12.5. The summed E-state index contributed by atoms with van der Waals surface area (Å²) in [6, 6.07) is 13.1. The van der Waals surface area contributed by atoms with Gasteiger partial charge in [0.2, 0.25) is 15.9 Å². The third-order valence-corrected chi connectivity index (χ3v) is 6.09. The van der Waals surface area contributed by atoms with Crippen LogP contribution in [0.15, 0.2) is 53.4 Å². The molecule has 0 unspecified atom stereocenters. The molecule has 0 heterocycles. The summed E-state index contributed by atoms with van der Waals surface area (Å²) in [7, 11) is -2.45. The maximum Gasteiger partial charge on any atom is 0.241 e. The Morgan fingerprint density at radius 3 is 2.43 bits per heavy atom. The minimum Gasteiger partial charge on any atom is -0.495 e. The summed E-state index contributed by atoms with van der Waals surface area (Å²) in [4.78, 5) is 12.3. The summed E-state index contributed by atoms with van der Waals surface area (Å²) in [5.74, 6) is -0.0117. The van der Waals surface area contributed by atoms with E-state index in [1.807, 2.05) is 37.3 Å². The zero-order chi connectivity index (χ0) is 20.7. The topological polar surface area (TPSA) is 84.5 Å². The van der Waals surface area contributed by atoms with Crippen molar-refractivity contribution in [3.8, 4) is 5.75 Å². The number of aryl methyl sites for hydroxylation is 1. The van der Waals surface area contributed by atoms with Crippen LogP contribution in [0.5, 0.6) is 5.75 Å². The highest BCUT2D eigenvalue weighted by molar-refractivity contribution is 7.89. The molecule has 152 valence electrons. The number of sulfonamides is 1. The van der Waals surface area contributed by atoms with Crippen molar-refractivity contribution in [3.05, 3.63) is 59.1 Å². The Bertz CT molecular complexity index is 904. The molecule has 6 nitrogen and oxygen atoms in total. The van der Waals surface area contributed by atoms with Gasteiger partial charge in [0.05, 0.1) is 23.1 Å². The van der Waals surface area contributed by atoms with Crippen molar-refractivity contribution in [1.82, 2.24) is 10.0 Å². The Morgan fingerprint density at radius 2 is 1.82 bits per heavy atom. The highest BCUT2D eigenvalue weighted by Gasteiger charge is 2.23. The van der Waals surface area contributed by atoms with Crippen molar-refractivity contribution in [2.45, 2.75) is 43.7 Å². The lowest BCUT2D eigenvalue weighted by Gasteiger charge is -2.19. The van der Waals surface area contributed by atoms with E-state index in [-0.39, 0.29) is 21.9 Å². The lowest BCUT2D eigenvalue weighted by molar-refractivity contribution is -0.123. The third kappa shape index (κ3) is 6.22. The maximum absolute atomic E-state index is 12.5. The first-order chi connectivity index (χ1) is 13.2. The molecule has 2 atom stereocenters. The normalized spacial score (nSPS) is 13.6. The molecule has 8 heteroatoms. The molecule has 1 amide bonds. The van der Waals surface area contributed by atoms with Gasteiger partial charge in [-0.2, -0.15) is 4.72 Å². The van der Waals surface area contributed by atoms with Crippen LogP contribution in [-0.2, 0) is 21.2 Å². The van der Waals surface area contributed by atoms with Crippen LogP contribution in [0, 0.1) is 0 Å². The molecule has 0 fully saturated rings. The molecule has 0 aliphatic rings. The van der Waals surface area contributed by atoms with Gasteiger partial charge in [-0.25, -0.2) is 8.42 Å². The standard InChI is InChI=1S/C20H25ClN2O4S/c1-14(9-10-16-7-5-4-6-8-16)22-20(24)15(2)23-28(25,26)17-11-12-19(27-3)18(21)13-17/h4-8,11-15,23H,9-10H2,1-3H3,(H,22,24)/t14-,15+/m0/s1. The molecule has 0 saturated heterocycles. The molecular formula is C20H25ClN2O4S. The summed E-state index contributed by atoms with van der Waals surface area (Å²) in [6.45, 7) is 3.40. The average molecular weight is 425 g/mol. The second-order valence-electron chi connectivity index (χ2n) is 6.57. The number of rotatable bonds is 9. The zero-order valence-electron chi connectivity index (χ0n) is 16.1. The van der Waals surface area contributed by atoms with E-state index in [9.17, 15) is 13.2 Å². The number of carbonyl (C=O) groups excluding carboxylic acids is 1. The van der Waals surface area contributed by atoms with Gasteiger partial charge >= 0.3 is 0 Å². The van der Waals surface area contributed by atoms with Crippen LogP contribution in [0.4, 0.5) is 0 Å². The Kier molecular flexibility index (Phi) is 7.86. The summed E-state index contributed by atoms with van der Waals surface area (Å²) in [5, 5.41) is 3.02. The monoisotopic (exact) mass is 424 g/mol. The summed E-state index contributed by atoms with van der Waals surface area (Å²) in [6.07, 6.45) is 1.58. The average Bonchev–Trinajstić information content (AvgIpc) is 2.66. The van der Waals surface area contributed by atoms with Crippen LogP contribution in [0.3, 0.4) is 0 Å². The van der Waals surface area contributed by atoms with Crippen molar-refractivity contribution in [2.24, 2.45) is 0 Å². The summed E-state index contributed by atoms with van der Waals surface area (Å²) in [5.41, 5.74) is 1.19. The fraction of sp³-hybridized carbons (Fsp3) is 0.350. The van der Waals surface area contributed by atoms with E-state index in [2.05, 4.69) is 10.0 Å². The van der Waals surface area contributed by atoms with Gasteiger partial charge in [-0.1, -0.05) is 41.9 Å². The number of halogens is 1. The minimum atomic E-state index is -3.89. The molecule has 0 bridgehead atoms. The fourth-order valence-corrected chi connectivity index (χ4v) is 4.19. The van der Waals surface area contributed by atoms with E-state index in [0.717, 1.165) is 12.8 Å². The molecule has 28 heavy (non-hydrogen) atoms. The Labute approximate surface area is 171 Å². The van der Waals surface area contributed by atoms with E-state index in [0.29, 0.717) is 5.75 Å². The first-order valence-corrected chi connectivity index (χ1v) is 10.8. The van der Waals surface area contributed by atoms with E-state index in [4.69, 9.17) is 16.3 Å². The van der Waals surface area contributed by atoms with Gasteiger partial charge < -0.3 is 10.1 Å². The van der Waals surface area contributed by atoms with Crippen molar-refractivity contribution in [2.75, 3.05) is 7.11 Å². The Morgan fingerprint density at radius 1 is 1.14 bits per heavy atom. The second-order valence-corrected chi connectivity index (χ2v) is 8.69. The number of nitrogens with one attached hydrogen (secondary N) is 2. The molecular weight excluding hydrogens is 400 g/mol. The van der Waals surface area contributed by atoms with E-state index in [1.165, 1.54) is 37.8 Å². The number of methoxy groups -OCH3 is 1. The second kappa shape index (κ2) is 9.91. The number of amides is 1. The van der Waals surface area contributed by atoms with Gasteiger partial charge in [0.25, 0.3) is 0 Å². The molecule has 0 spiro atoms. The summed E-state index contributed by atoms with van der Waals surface area (Å²) < 4.78 is 32.4. The van der Waals surface area contributed by atoms with Gasteiger partial charge in [0.1, 0.15) is 5.75 Å². The molecule has 2 aromatic rings. The lowest BCUT2D eigenvalue weighted by Crippen LogP contribution is -2.47. The van der Waals surface area contributed by atoms with Gasteiger partial charge in [-0.3, -0.25) is 4.79 Å². The first-order valence-electron chi connectivity index (χ1n) is 8.93. The molecule has 2 aromatic carbocycles. The Hall–Kier alpha value is -2.09. The van der Waals surface area contributed by atoms with Crippen LogP contribution >= 0.6 is 11.6 Å².